The molecule has 1 heterocycles. The lowest BCUT2D eigenvalue weighted by atomic mass is 10.3. The third-order valence-corrected chi connectivity index (χ3v) is 2.17. The number of nitrogens with zero attached hydrogens (tertiary/aromatic N) is 3. The van der Waals surface area contributed by atoms with Crippen molar-refractivity contribution in [3.8, 4) is 5.75 Å². The van der Waals surface area contributed by atoms with Crippen molar-refractivity contribution in [1.82, 2.24) is 25.9 Å². The molecule has 18 heavy (non-hydrogen) atoms. The van der Waals surface area contributed by atoms with Crippen LogP contribution in [0.15, 0.2) is 30.3 Å². The first-order chi connectivity index (χ1) is 8.86. The average Bonchev–Trinajstić information content (AvgIpc) is 2.93. The van der Waals surface area contributed by atoms with Crippen LogP contribution in [-0.2, 0) is 0 Å². The zero-order valence-corrected chi connectivity index (χ0v) is 9.67. The zero-order valence-electron chi connectivity index (χ0n) is 9.67. The molecule has 0 aliphatic heterocycles. The van der Waals surface area contributed by atoms with Gasteiger partial charge in [-0.1, -0.05) is 18.2 Å². The maximum Gasteiger partial charge on any atom is 0.292 e. The molecular formula is C11H13N5O2. The molecule has 2 rings (SSSR count). The Morgan fingerprint density at radius 3 is 2.89 bits per heavy atom. The third kappa shape index (κ3) is 3.55. The highest BCUT2D eigenvalue weighted by atomic mass is 16.5. The van der Waals surface area contributed by atoms with Gasteiger partial charge in [-0.3, -0.25) is 4.79 Å². The fraction of sp³-hybridized carbons (Fsp3) is 0.273. The predicted octanol–water partition coefficient (Wildman–Crippen LogP) is 0.399. The van der Waals surface area contributed by atoms with E-state index in [9.17, 15) is 4.79 Å². The lowest BCUT2D eigenvalue weighted by Gasteiger charge is -2.05. The molecule has 0 bridgehead atoms. The molecule has 0 atom stereocenters. The van der Waals surface area contributed by atoms with E-state index < -0.39 is 0 Å². The maximum atomic E-state index is 11.4. The fourth-order valence-corrected chi connectivity index (χ4v) is 1.32. The molecule has 0 saturated heterocycles. The summed E-state index contributed by atoms with van der Waals surface area (Å²) >= 11 is 0. The Hall–Kier alpha value is -2.44. The first kappa shape index (κ1) is 12.0. The average molecular weight is 247 g/mol. The normalized spacial score (nSPS) is 10.0. The van der Waals surface area contributed by atoms with Gasteiger partial charge < -0.3 is 10.1 Å². The Morgan fingerprint density at radius 1 is 1.33 bits per heavy atom. The van der Waals surface area contributed by atoms with Crippen molar-refractivity contribution < 1.29 is 9.53 Å². The molecule has 1 aromatic heterocycles. The molecule has 1 amide bonds. The molecule has 7 heteroatoms. The smallest absolute Gasteiger partial charge is 0.292 e. The Labute approximate surface area is 104 Å². The van der Waals surface area contributed by atoms with Crippen LogP contribution in [0.3, 0.4) is 0 Å². The topological polar surface area (TPSA) is 92.8 Å². The number of benzene rings is 1. The van der Waals surface area contributed by atoms with Crippen LogP contribution in [0.4, 0.5) is 0 Å². The monoisotopic (exact) mass is 247 g/mol. The van der Waals surface area contributed by atoms with E-state index in [0.717, 1.165) is 5.75 Å². The molecule has 0 radical (unpaired) electrons. The number of hydrogen-bond acceptors (Lipinski definition) is 5. The van der Waals surface area contributed by atoms with Crippen molar-refractivity contribution in [3.63, 3.8) is 0 Å². The summed E-state index contributed by atoms with van der Waals surface area (Å²) in [7, 11) is 0. The number of rotatable bonds is 6. The lowest BCUT2D eigenvalue weighted by molar-refractivity contribution is 0.0941. The largest absolute Gasteiger partial charge is 0.494 e. The van der Waals surface area contributed by atoms with Crippen LogP contribution in [-0.4, -0.2) is 39.7 Å². The van der Waals surface area contributed by atoms with Crippen molar-refractivity contribution in [2.24, 2.45) is 0 Å². The van der Waals surface area contributed by atoms with Crippen molar-refractivity contribution in [2.75, 3.05) is 13.2 Å². The standard InChI is InChI=1S/C11H13N5O2/c17-11(10-13-15-16-14-10)12-7-4-8-18-9-5-2-1-3-6-9/h1-3,5-6H,4,7-8H2,(H,12,17)(H,13,14,15,16). The van der Waals surface area contributed by atoms with E-state index in [1.54, 1.807) is 0 Å². The number of aromatic amines is 1. The zero-order chi connectivity index (χ0) is 12.6. The fourth-order valence-electron chi connectivity index (χ4n) is 1.32. The van der Waals surface area contributed by atoms with Gasteiger partial charge in [-0.2, -0.15) is 5.21 Å². The number of hydrogen-bond donors (Lipinski definition) is 2. The quantitative estimate of drug-likeness (QED) is 0.721. The second-order valence-electron chi connectivity index (χ2n) is 3.51. The number of tetrazole rings is 1. The number of amides is 1. The second kappa shape index (κ2) is 6.33. The summed E-state index contributed by atoms with van der Waals surface area (Å²) in [4.78, 5) is 11.4. The summed E-state index contributed by atoms with van der Waals surface area (Å²) in [5, 5.41) is 15.3. The summed E-state index contributed by atoms with van der Waals surface area (Å²) in [6.45, 7) is 1.04. The Morgan fingerprint density at radius 2 is 2.17 bits per heavy atom. The summed E-state index contributed by atoms with van der Waals surface area (Å²) in [6, 6.07) is 9.52. The number of carbonyl (C=O) groups excluding carboxylic acids is 1. The SMILES string of the molecule is O=C(NCCCOc1ccccc1)c1nn[nH]n1. The minimum absolute atomic E-state index is 0.0407. The van der Waals surface area contributed by atoms with Crippen LogP contribution in [0.2, 0.25) is 0 Å². The second-order valence-corrected chi connectivity index (χ2v) is 3.51. The van der Waals surface area contributed by atoms with Gasteiger partial charge in [0, 0.05) is 6.54 Å². The molecule has 0 saturated carbocycles. The third-order valence-electron chi connectivity index (χ3n) is 2.17. The minimum atomic E-state index is -0.344. The predicted molar refractivity (Wildman–Crippen MR) is 63.1 cm³/mol. The van der Waals surface area contributed by atoms with Crippen LogP contribution >= 0.6 is 0 Å². The lowest BCUT2D eigenvalue weighted by Crippen LogP contribution is -2.26. The van der Waals surface area contributed by atoms with Crippen LogP contribution in [0.1, 0.15) is 17.0 Å². The van der Waals surface area contributed by atoms with Crippen LogP contribution in [0.25, 0.3) is 0 Å². The highest BCUT2D eigenvalue weighted by Gasteiger charge is 2.08. The van der Waals surface area contributed by atoms with Gasteiger partial charge in [0.15, 0.2) is 0 Å². The first-order valence-corrected chi connectivity index (χ1v) is 5.56. The number of carbonyl (C=O) groups is 1. The van der Waals surface area contributed by atoms with Crippen molar-refractivity contribution in [2.45, 2.75) is 6.42 Å². The molecule has 2 N–H and O–H groups in total. The Balaban J connectivity index is 1.61. The number of ether oxygens (including phenoxy) is 1. The van der Waals surface area contributed by atoms with Crippen molar-refractivity contribution >= 4 is 5.91 Å². The number of nitrogens with one attached hydrogen (secondary N) is 2. The van der Waals surface area contributed by atoms with E-state index in [2.05, 4.69) is 25.9 Å². The van der Waals surface area contributed by atoms with Gasteiger partial charge in [0.2, 0.25) is 0 Å². The van der Waals surface area contributed by atoms with E-state index in [0.29, 0.717) is 19.6 Å². The van der Waals surface area contributed by atoms with Crippen LogP contribution in [0, 0.1) is 0 Å². The molecule has 0 unspecified atom stereocenters. The first-order valence-electron chi connectivity index (χ1n) is 5.56. The van der Waals surface area contributed by atoms with E-state index in [1.165, 1.54) is 0 Å². The summed E-state index contributed by atoms with van der Waals surface area (Å²) in [6.07, 6.45) is 0.707. The van der Waals surface area contributed by atoms with Gasteiger partial charge in [0.25, 0.3) is 11.7 Å². The molecule has 94 valence electrons. The van der Waals surface area contributed by atoms with Crippen molar-refractivity contribution in [3.05, 3.63) is 36.2 Å². The van der Waals surface area contributed by atoms with Gasteiger partial charge in [-0.25, -0.2) is 0 Å². The maximum absolute atomic E-state index is 11.4. The van der Waals surface area contributed by atoms with E-state index in [-0.39, 0.29) is 11.7 Å². The highest BCUT2D eigenvalue weighted by molar-refractivity contribution is 5.89. The molecule has 0 aliphatic rings. The highest BCUT2D eigenvalue weighted by Crippen LogP contribution is 2.07. The van der Waals surface area contributed by atoms with E-state index in [4.69, 9.17) is 4.74 Å². The summed E-state index contributed by atoms with van der Waals surface area (Å²) in [5.74, 6) is 0.518. The Bertz CT molecular complexity index is 471. The molecule has 0 aliphatic carbocycles. The molecule has 0 fully saturated rings. The van der Waals surface area contributed by atoms with Gasteiger partial charge >= 0.3 is 0 Å². The number of H-pyrrole nitrogens is 1. The summed E-state index contributed by atoms with van der Waals surface area (Å²) < 4.78 is 5.48. The Kier molecular flexibility index (Phi) is 4.23. The summed E-state index contributed by atoms with van der Waals surface area (Å²) in [5.41, 5.74) is 0. The molecule has 7 nitrogen and oxygen atoms in total. The van der Waals surface area contributed by atoms with Gasteiger partial charge in [0.1, 0.15) is 5.75 Å². The van der Waals surface area contributed by atoms with Gasteiger partial charge in [0.05, 0.1) is 6.61 Å². The van der Waals surface area contributed by atoms with E-state index in [1.807, 2.05) is 30.3 Å². The van der Waals surface area contributed by atoms with Crippen molar-refractivity contribution in [1.29, 1.82) is 0 Å². The number of aromatic nitrogens is 4. The number of para-hydroxylation sites is 1. The van der Waals surface area contributed by atoms with Crippen LogP contribution in [0.5, 0.6) is 5.75 Å². The minimum Gasteiger partial charge on any atom is -0.494 e. The van der Waals surface area contributed by atoms with Gasteiger partial charge in [-0.15, -0.1) is 10.2 Å². The van der Waals surface area contributed by atoms with Gasteiger partial charge in [-0.05, 0) is 23.8 Å². The molecule has 2 aromatic rings. The van der Waals surface area contributed by atoms with Crippen LogP contribution < -0.4 is 10.1 Å². The molecular weight excluding hydrogens is 234 g/mol. The molecule has 0 spiro atoms. The van der Waals surface area contributed by atoms with E-state index >= 15 is 0 Å². The molecule has 1 aromatic carbocycles.